The van der Waals surface area contributed by atoms with Gasteiger partial charge in [-0.05, 0) is 42.3 Å². The first-order valence-electron chi connectivity index (χ1n) is 14.5. The Morgan fingerprint density at radius 3 is 2.02 bits per heavy atom. The van der Waals surface area contributed by atoms with Gasteiger partial charge in [-0.3, -0.25) is 18.8 Å². The van der Waals surface area contributed by atoms with Gasteiger partial charge in [-0.2, -0.15) is 0 Å². The normalized spacial score (nSPS) is 14.5. The predicted molar refractivity (Wildman–Crippen MR) is 166 cm³/mol. The topological polar surface area (TPSA) is 95.0 Å². The Morgan fingerprint density at radius 2 is 1.43 bits per heavy atom. The molecule has 11 heteroatoms. The Balaban J connectivity index is 1.47. The maximum absolute atomic E-state index is 14.7. The van der Waals surface area contributed by atoms with E-state index < -0.39 is 28.9 Å². The number of benzene rings is 3. The van der Waals surface area contributed by atoms with Gasteiger partial charge in [-0.15, -0.1) is 0 Å². The molecule has 3 aromatic carbocycles. The molecule has 5 rings (SSSR count). The van der Waals surface area contributed by atoms with Crippen LogP contribution in [0.1, 0.15) is 28.4 Å². The summed E-state index contributed by atoms with van der Waals surface area (Å²) in [5, 5.41) is 0. The van der Waals surface area contributed by atoms with Crippen molar-refractivity contribution < 1.29 is 18.3 Å². The molecule has 2 N–H and O–H groups in total. The van der Waals surface area contributed by atoms with E-state index in [9.17, 15) is 18.4 Å². The average Bonchev–Trinajstić information content (AvgIpc) is 3.03. The lowest BCUT2D eigenvalue weighted by Gasteiger charge is -2.37. The molecule has 0 unspecified atom stereocenters. The molecule has 0 aliphatic carbocycles. The lowest BCUT2D eigenvalue weighted by molar-refractivity contribution is 0.248. The maximum atomic E-state index is 14.7. The number of methoxy groups -OCH3 is 2. The number of hydrogen-bond donors (Lipinski definition) is 1. The van der Waals surface area contributed by atoms with Gasteiger partial charge in [0.2, 0.25) is 0 Å². The fraction of sp³-hybridized carbons (Fsp3) is 0.333. The number of anilines is 1. The Bertz CT molecular complexity index is 1690. The predicted octanol–water partition coefficient (Wildman–Crippen LogP) is 3.68. The van der Waals surface area contributed by atoms with Gasteiger partial charge in [-0.1, -0.05) is 36.4 Å². The van der Waals surface area contributed by atoms with Gasteiger partial charge in [0.15, 0.2) is 0 Å². The van der Waals surface area contributed by atoms with E-state index in [4.69, 9.17) is 15.2 Å². The molecule has 1 aromatic heterocycles. The highest BCUT2D eigenvalue weighted by Crippen LogP contribution is 2.25. The van der Waals surface area contributed by atoms with E-state index >= 15 is 0 Å². The van der Waals surface area contributed by atoms with E-state index in [1.807, 2.05) is 53.4 Å². The molecule has 9 nitrogen and oxygen atoms in total. The van der Waals surface area contributed by atoms with Crippen LogP contribution in [0, 0.1) is 18.6 Å². The summed E-state index contributed by atoms with van der Waals surface area (Å²) in [7, 11) is 3.22. The van der Waals surface area contributed by atoms with Gasteiger partial charge in [0.1, 0.15) is 28.8 Å². The van der Waals surface area contributed by atoms with Gasteiger partial charge in [0.05, 0.1) is 27.3 Å². The summed E-state index contributed by atoms with van der Waals surface area (Å²) in [6.07, 6.45) is 0. The second kappa shape index (κ2) is 13.4. The minimum Gasteiger partial charge on any atom is -0.497 e. The van der Waals surface area contributed by atoms with E-state index in [0.29, 0.717) is 55.6 Å². The largest absolute Gasteiger partial charge is 0.497 e. The molecule has 1 saturated heterocycles. The molecular formula is C33H37F2N5O4. The molecule has 0 radical (unpaired) electrons. The van der Waals surface area contributed by atoms with Gasteiger partial charge < -0.3 is 20.1 Å². The van der Waals surface area contributed by atoms with Crippen LogP contribution >= 0.6 is 0 Å². The SMILES string of the molecule is COc1cc(CN2CCN(c3c(C)n(Cc4c(F)cccc4F)c(=O)n(C[C@H](N)c4ccccc4)c3=O)CC2)cc(OC)c1. The Labute approximate surface area is 254 Å². The van der Waals surface area contributed by atoms with Gasteiger partial charge >= 0.3 is 5.69 Å². The van der Waals surface area contributed by atoms with E-state index in [-0.39, 0.29) is 18.7 Å². The second-order valence-electron chi connectivity index (χ2n) is 10.9. The van der Waals surface area contributed by atoms with Gasteiger partial charge in [-0.25, -0.2) is 13.6 Å². The molecule has 2 heterocycles. The molecule has 1 atom stereocenters. The molecule has 1 aliphatic heterocycles. The fourth-order valence-corrected chi connectivity index (χ4v) is 5.69. The van der Waals surface area contributed by atoms with Crippen molar-refractivity contribution >= 4 is 5.69 Å². The minimum atomic E-state index is -0.764. The van der Waals surface area contributed by atoms with Crippen LogP contribution in [0.2, 0.25) is 0 Å². The first kappa shape index (κ1) is 31.0. The second-order valence-corrected chi connectivity index (χ2v) is 10.9. The van der Waals surface area contributed by atoms with E-state index in [2.05, 4.69) is 4.90 Å². The molecule has 0 spiro atoms. The monoisotopic (exact) mass is 605 g/mol. The van der Waals surface area contributed by atoms with Crippen molar-refractivity contribution in [2.75, 3.05) is 45.3 Å². The molecule has 1 fully saturated rings. The molecule has 0 bridgehead atoms. The first-order chi connectivity index (χ1) is 21.2. The van der Waals surface area contributed by atoms with Crippen LogP contribution in [0.3, 0.4) is 0 Å². The summed E-state index contributed by atoms with van der Waals surface area (Å²) >= 11 is 0. The van der Waals surface area contributed by atoms with Crippen molar-refractivity contribution in [1.82, 2.24) is 14.0 Å². The molecule has 1 aliphatic rings. The number of piperazine rings is 1. The molecular weight excluding hydrogens is 568 g/mol. The van der Waals surface area contributed by atoms with Crippen LogP contribution in [0.4, 0.5) is 14.5 Å². The van der Waals surface area contributed by atoms with Crippen molar-refractivity contribution in [3.05, 3.63) is 122 Å². The molecule has 44 heavy (non-hydrogen) atoms. The van der Waals surface area contributed by atoms with Crippen molar-refractivity contribution in [1.29, 1.82) is 0 Å². The number of rotatable bonds is 10. The highest BCUT2D eigenvalue weighted by atomic mass is 19.1. The number of nitrogens with two attached hydrogens (primary N) is 1. The quantitative estimate of drug-likeness (QED) is 0.295. The average molecular weight is 606 g/mol. The van der Waals surface area contributed by atoms with Gasteiger partial charge in [0, 0.05) is 56.1 Å². The minimum absolute atomic E-state index is 0.0909. The third-order valence-electron chi connectivity index (χ3n) is 8.15. The van der Waals surface area contributed by atoms with E-state index in [0.717, 1.165) is 27.8 Å². The molecule has 0 saturated carbocycles. The highest BCUT2D eigenvalue weighted by Gasteiger charge is 2.27. The summed E-state index contributed by atoms with van der Waals surface area (Å²) in [5.74, 6) is -0.119. The van der Waals surface area contributed by atoms with E-state index in [1.165, 1.54) is 10.6 Å². The summed E-state index contributed by atoms with van der Waals surface area (Å²) < 4.78 is 42.6. The van der Waals surface area contributed by atoms with Crippen LogP contribution in [0.5, 0.6) is 11.5 Å². The van der Waals surface area contributed by atoms with Gasteiger partial charge in [0.25, 0.3) is 5.56 Å². The number of aromatic nitrogens is 2. The molecule has 4 aromatic rings. The summed E-state index contributed by atoms with van der Waals surface area (Å²) in [4.78, 5) is 32.0. The van der Waals surface area contributed by atoms with Crippen molar-refractivity contribution in [3.63, 3.8) is 0 Å². The zero-order chi connectivity index (χ0) is 31.4. The first-order valence-corrected chi connectivity index (χ1v) is 14.5. The third kappa shape index (κ3) is 6.53. The zero-order valence-electron chi connectivity index (χ0n) is 25.1. The highest BCUT2D eigenvalue weighted by molar-refractivity contribution is 5.50. The summed E-state index contributed by atoms with van der Waals surface area (Å²) in [5.41, 5.74) is 7.51. The van der Waals surface area contributed by atoms with Crippen LogP contribution < -0.4 is 31.4 Å². The van der Waals surface area contributed by atoms with Crippen molar-refractivity contribution in [2.24, 2.45) is 5.73 Å². The number of hydrogen-bond acceptors (Lipinski definition) is 7. The van der Waals surface area contributed by atoms with Crippen LogP contribution in [-0.4, -0.2) is 54.4 Å². The standard InChI is InChI=1S/C33H37F2N5O4/c1-22-31(38-14-12-37(13-15-38)19-23-16-25(43-2)18-26(17-23)44-3)32(41)40(21-30(36)24-8-5-4-6-9-24)33(42)39(22)20-27-28(34)10-7-11-29(27)35/h4-11,16-18,30H,12-15,19-21,36H2,1-3H3/t30-/m0/s1. The lowest BCUT2D eigenvalue weighted by Crippen LogP contribution is -2.51. The lowest BCUT2D eigenvalue weighted by atomic mass is 10.1. The third-order valence-corrected chi connectivity index (χ3v) is 8.15. The zero-order valence-corrected chi connectivity index (χ0v) is 25.1. The number of ether oxygens (including phenoxy) is 2. The van der Waals surface area contributed by atoms with Crippen LogP contribution in [-0.2, 0) is 19.6 Å². The smallest absolute Gasteiger partial charge is 0.331 e. The number of nitrogens with zero attached hydrogens (tertiary/aromatic N) is 4. The van der Waals surface area contributed by atoms with Crippen molar-refractivity contribution in [3.8, 4) is 11.5 Å². The fourth-order valence-electron chi connectivity index (χ4n) is 5.69. The summed E-state index contributed by atoms with van der Waals surface area (Å²) in [6.45, 7) is 4.14. The Kier molecular flexibility index (Phi) is 9.46. The van der Waals surface area contributed by atoms with Crippen LogP contribution in [0.25, 0.3) is 0 Å². The van der Waals surface area contributed by atoms with Crippen LogP contribution in [0.15, 0.2) is 76.3 Å². The summed E-state index contributed by atoms with van der Waals surface area (Å²) in [6, 6.07) is 17.9. The molecule has 0 amide bonds. The maximum Gasteiger partial charge on any atom is 0.331 e. The van der Waals surface area contributed by atoms with E-state index in [1.54, 1.807) is 21.1 Å². The number of halogens is 2. The Hall–Kier alpha value is -4.48. The van der Waals surface area contributed by atoms with Crippen molar-refractivity contribution in [2.45, 2.75) is 32.6 Å². The Morgan fingerprint density at radius 1 is 0.818 bits per heavy atom. The molecule has 232 valence electrons.